The molecule has 2 rings (SSSR count). The Morgan fingerprint density at radius 3 is 2.75 bits per heavy atom. The lowest BCUT2D eigenvalue weighted by molar-refractivity contribution is -0.0860. The van der Waals surface area contributed by atoms with Gasteiger partial charge in [0.25, 0.3) is 8.61 Å². The predicted octanol–water partition coefficient (Wildman–Crippen LogP) is 0.352. The third-order valence-electron chi connectivity index (χ3n) is 3.60. The molecule has 7 N–H and O–H groups in total. The van der Waals surface area contributed by atoms with Gasteiger partial charge in [0.1, 0.15) is 6.10 Å². The smallest absolute Gasteiger partial charge is 0.419 e. The fourth-order valence-corrected chi connectivity index (χ4v) is 2.77. The average molecular weight is 410 g/mol. The molecule has 0 aliphatic carbocycles. The molecule has 13 nitrogen and oxygen atoms in total. The molecular weight excluding hydrogens is 391 g/mol. The molecule has 0 bridgehead atoms. The molecule has 28 heavy (non-hydrogen) atoms. The molecule has 3 unspecified atom stereocenters. The highest BCUT2D eigenvalue weighted by molar-refractivity contribution is 7.21. The molecule has 2 aromatic rings. The maximum Gasteiger partial charge on any atom is 0.419 e. The summed E-state index contributed by atoms with van der Waals surface area (Å²) in [5, 5.41) is 32.3. The maximum absolute atomic E-state index is 11.4. The van der Waals surface area contributed by atoms with Crippen LogP contribution in [0.15, 0.2) is 29.3 Å². The zero-order valence-electron chi connectivity index (χ0n) is 14.7. The number of rotatable bonds is 9. The van der Waals surface area contributed by atoms with Crippen molar-refractivity contribution in [3.8, 4) is 0 Å². The fraction of sp³-hybridized carbons (Fsp3) is 0.357. The lowest BCUT2D eigenvalue weighted by atomic mass is 10.1. The van der Waals surface area contributed by atoms with Crippen LogP contribution in [0.25, 0.3) is 0 Å². The molecule has 0 saturated heterocycles. The van der Waals surface area contributed by atoms with Gasteiger partial charge < -0.3 is 26.4 Å². The predicted molar refractivity (Wildman–Crippen MR) is 96.5 cm³/mol. The molecule has 0 saturated carbocycles. The van der Waals surface area contributed by atoms with E-state index in [0.717, 1.165) is 0 Å². The van der Waals surface area contributed by atoms with Crippen molar-refractivity contribution in [1.29, 1.82) is 0 Å². The molecule has 0 spiro atoms. The number of aromatic nitrogens is 4. The van der Waals surface area contributed by atoms with E-state index in [0.29, 0.717) is 15.9 Å². The number of aliphatic hydroxyl groups excluding tert-OH is 1. The van der Waals surface area contributed by atoms with E-state index in [4.69, 9.17) is 16.2 Å². The van der Waals surface area contributed by atoms with Gasteiger partial charge in [-0.15, -0.1) is 10.2 Å². The van der Waals surface area contributed by atoms with Crippen LogP contribution in [0.5, 0.6) is 0 Å². The van der Waals surface area contributed by atoms with Crippen LogP contribution in [0.4, 0.5) is 10.5 Å². The average Bonchev–Trinajstić information content (AvgIpc) is 3.18. The highest BCUT2D eigenvalue weighted by Crippen LogP contribution is 2.31. The van der Waals surface area contributed by atoms with Gasteiger partial charge in [-0.2, -0.15) is 9.88 Å². The van der Waals surface area contributed by atoms with E-state index in [1.54, 1.807) is 24.3 Å². The first-order valence-corrected chi connectivity index (χ1v) is 8.68. The van der Waals surface area contributed by atoms with Gasteiger partial charge >= 0.3 is 6.09 Å². The van der Waals surface area contributed by atoms with Gasteiger partial charge in [-0.3, -0.25) is 0 Å². The fourth-order valence-electron chi connectivity index (χ4n) is 2.33. The number of aliphatic hydroxyl groups is 1. The van der Waals surface area contributed by atoms with E-state index in [1.807, 2.05) is 0 Å². The van der Waals surface area contributed by atoms with Gasteiger partial charge in [-0.05, 0) is 17.7 Å². The molecule has 3 atom stereocenters. The van der Waals surface area contributed by atoms with Crippen molar-refractivity contribution in [3.63, 3.8) is 0 Å². The van der Waals surface area contributed by atoms with Gasteiger partial charge in [-0.25, -0.2) is 14.4 Å². The van der Waals surface area contributed by atoms with Gasteiger partial charge in [0.05, 0.1) is 5.69 Å². The molecule has 150 valence electrons. The van der Waals surface area contributed by atoms with Gasteiger partial charge in [0.2, 0.25) is 5.82 Å². The molecule has 1 heterocycles. The van der Waals surface area contributed by atoms with E-state index in [-0.39, 0.29) is 11.8 Å². The number of nitrogens with one attached hydrogen (secondary N) is 1. The number of amides is 1. The summed E-state index contributed by atoms with van der Waals surface area (Å²) in [4.78, 5) is 15.4. The van der Waals surface area contributed by atoms with Gasteiger partial charge in [0.15, 0.2) is 12.2 Å². The molecule has 14 heteroatoms. The number of benzene rings is 1. The molecule has 0 aliphatic heterocycles. The monoisotopic (exact) mass is 410 g/mol. The summed E-state index contributed by atoms with van der Waals surface area (Å²) in [6.45, 7) is 1.12. The number of hydrogen-bond donors (Lipinski definition) is 5. The standard InChI is InChI=1S/C14H19N8O5P/c1-7(6-23)12(22(28-26)14(24)25)27-10(11-18-20-21-19-11)8-3-2-4-9(5-8)17-13(15)16/h2-5,7,10,12,23H,6H2,1H3,(H,24,25)(H4,15,16,17)(H,18,19,20,21). The zero-order valence-corrected chi connectivity index (χ0v) is 15.6. The van der Waals surface area contributed by atoms with Crippen molar-refractivity contribution in [2.24, 2.45) is 22.4 Å². The Hall–Kier alpha value is -3.15. The quantitative estimate of drug-likeness (QED) is 0.166. The minimum absolute atomic E-state index is 0.0879. The summed E-state index contributed by atoms with van der Waals surface area (Å²) in [5.41, 5.74) is 11.7. The minimum Gasteiger partial charge on any atom is -0.464 e. The number of aromatic amines is 1. The van der Waals surface area contributed by atoms with Crippen molar-refractivity contribution < 1.29 is 24.3 Å². The van der Waals surface area contributed by atoms with Crippen molar-refractivity contribution in [2.75, 3.05) is 6.61 Å². The normalized spacial score (nSPS) is 14.2. The van der Waals surface area contributed by atoms with E-state index in [9.17, 15) is 19.6 Å². The Kier molecular flexibility index (Phi) is 7.32. The second-order valence-electron chi connectivity index (χ2n) is 5.68. The first kappa shape index (κ1) is 21.2. The number of ether oxygens (including phenoxy) is 1. The largest absolute Gasteiger partial charge is 0.464 e. The lowest BCUT2D eigenvalue weighted by Gasteiger charge is -2.30. The number of tetrazole rings is 1. The number of hydrogen-bond acceptors (Lipinski definition) is 8. The molecular formula is C14H19N8O5P. The Labute approximate surface area is 160 Å². The molecule has 1 aromatic carbocycles. The van der Waals surface area contributed by atoms with Crippen LogP contribution in [0, 0.1) is 5.92 Å². The van der Waals surface area contributed by atoms with Gasteiger partial charge in [0, 0.05) is 12.5 Å². The molecule has 0 fully saturated rings. The number of aliphatic imine (C=N–C) groups is 1. The van der Waals surface area contributed by atoms with E-state index < -0.39 is 39.6 Å². The summed E-state index contributed by atoms with van der Waals surface area (Å²) < 4.78 is 17.8. The van der Waals surface area contributed by atoms with Crippen molar-refractivity contribution in [2.45, 2.75) is 19.3 Å². The van der Waals surface area contributed by atoms with Crippen LogP contribution in [0.2, 0.25) is 0 Å². The number of carboxylic acid groups (broad SMARTS) is 1. The summed E-state index contributed by atoms with van der Waals surface area (Å²) >= 11 is 0. The van der Waals surface area contributed by atoms with Crippen LogP contribution in [-0.4, -0.2) is 60.4 Å². The Morgan fingerprint density at radius 2 is 2.21 bits per heavy atom. The first-order chi connectivity index (χ1) is 13.4. The molecule has 0 aliphatic rings. The van der Waals surface area contributed by atoms with Gasteiger partial charge in [-0.1, -0.05) is 24.3 Å². The van der Waals surface area contributed by atoms with E-state index >= 15 is 0 Å². The van der Waals surface area contributed by atoms with E-state index in [2.05, 4.69) is 25.6 Å². The molecule has 1 aromatic heterocycles. The van der Waals surface area contributed by atoms with Crippen molar-refractivity contribution in [3.05, 3.63) is 35.7 Å². The van der Waals surface area contributed by atoms with E-state index in [1.165, 1.54) is 6.92 Å². The lowest BCUT2D eigenvalue weighted by Crippen LogP contribution is -2.41. The van der Waals surface area contributed by atoms with Crippen molar-refractivity contribution in [1.82, 2.24) is 25.3 Å². The third-order valence-corrected chi connectivity index (χ3v) is 4.18. The Morgan fingerprint density at radius 1 is 1.46 bits per heavy atom. The molecule has 1 amide bonds. The van der Waals surface area contributed by atoms with Crippen LogP contribution < -0.4 is 11.5 Å². The maximum atomic E-state index is 11.4. The first-order valence-electron chi connectivity index (χ1n) is 7.92. The topological polar surface area (TPSA) is 206 Å². The second kappa shape index (κ2) is 9.69. The summed E-state index contributed by atoms with van der Waals surface area (Å²) in [5.74, 6) is -0.777. The second-order valence-corrected chi connectivity index (χ2v) is 6.27. The number of nitrogens with zero attached hydrogens (tertiary/aromatic N) is 5. The molecule has 0 radical (unpaired) electrons. The van der Waals surface area contributed by atoms with Crippen LogP contribution >= 0.6 is 8.61 Å². The van der Waals surface area contributed by atoms with Crippen molar-refractivity contribution >= 4 is 26.4 Å². The Balaban J connectivity index is 2.47. The SMILES string of the molecule is CC(CO)C(OC(c1cccc(N=C(N)N)c1)c1nn[nH]n1)N(P=O)C(=O)O. The number of guanidine groups is 1. The Bertz CT molecular complexity index is 829. The van der Waals surface area contributed by atoms with Crippen LogP contribution in [0.1, 0.15) is 24.4 Å². The number of nitrogens with two attached hydrogens (primary N) is 2. The number of carbonyl (C=O) groups is 1. The minimum atomic E-state index is -1.50. The highest BCUT2D eigenvalue weighted by Gasteiger charge is 2.34. The third kappa shape index (κ3) is 5.19. The zero-order chi connectivity index (χ0) is 20.7. The summed E-state index contributed by atoms with van der Waals surface area (Å²) in [7, 11) is -0.823. The van der Waals surface area contributed by atoms with Crippen LogP contribution in [0.3, 0.4) is 0 Å². The highest BCUT2D eigenvalue weighted by atomic mass is 31.1. The number of H-pyrrole nitrogens is 1. The summed E-state index contributed by atoms with van der Waals surface area (Å²) in [6.07, 6.45) is -3.80. The van der Waals surface area contributed by atoms with Crippen LogP contribution in [-0.2, 0) is 9.30 Å². The summed E-state index contributed by atoms with van der Waals surface area (Å²) in [6, 6.07) is 6.54.